The molecule has 0 saturated carbocycles. The van der Waals surface area contributed by atoms with Crippen molar-refractivity contribution in [2.24, 2.45) is 0 Å². The Morgan fingerprint density at radius 1 is 0.882 bits per heavy atom. The van der Waals surface area contributed by atoms with E-state index in [1.54, 1.807) is 0 Å². The van der Waals surface area contributed by atoms with Crippen LogP contribution < -0.4 is 29.6 Å². The van der Waals surface area contributed by atoms with Crippen molar-refractivity contribution in [3.63, 3.8) is 0 Å². The molecule has 17 heavy (non-hydrogen) atoms. The van der Waals surface area contributed by atoms with E-state index in [1.165, 1.54) is 0 Å². The third-order valence-corrected chi connectivity index (χ3v) is 4.41. The second kappa shape index (κ2) is 7.48. The molecule has 0 aliphatic heterocycles. The molecule has 0 aliphatic carbocycles. The molecule has 0 saturated heterocycles. The Bertz CT molecular complexity index is 468. The van der Waals surface area contributed by atoms with Crippen LogP contribution in [-0.2, 0) is 33.2 Å². The van der Waals surface area contributed by atoms with Crippen molar-refractivity contribution < 1.29 is 55.8 Å². The summed E-state index contributed by atoms with van der Waals surface area (Å²) in [6, 6.07) is 1.95. The van der Waals surface area contributed by atoms with E-state index in [-0.39, 0.29) is 49.1 Å². The van der Waals surface area contributed by atoms with Gasteiger partial charge in [-0.3, -0.25) is 0 Å². The maximum atomic E-state index is 10.9. The summed E-state index contributed by atoms with van der Waals surface area (Å²) < 4.78 is 59.1. The van der Waals surface area contributed by atoms with E-state index in [9.17, 15) is 12.6 Å². The topological polar surface area (TPSA) is 112 Å². The minimum atomic E-state index is -2.46. The fourth-order valence-electron chi connectivity index (χ4n) is 0.925. The molecule has 3 N–H and O–H groups in total. The SMILES string of the molecule is O=S(O)c1cc(S(=O)O)c(S)c(S(=O)O)c1.[Na+]. The van der Waals surface area contributed by atoms with E-state index in [0.29, 0.717) is 0 Å². The molecule has 90 valence electrons. The van der Waals surface area contributed by atoms with Crippen LogP contribution in [0.5, 0.6) is 0 Å². The van der Waals surface area contributed by atoms with Gasteiger partial charge in [-0.25, -0.2) is 12.6 Å². The van der Waals surface area contributed by atoms with Gasteiger partial charge < -0.3 is 13.7 Å². The fraction of sp³-hybridized carbons (Fsp3) is 0. The normalized spacial score (nSPS) is 15.8. The van der Waals surface area contributed by atoms with Crippen LogP contribution in [0.25, 0.3) is 0 Å². The van der Waals surface area contributed by atoms with Crippen molar-refractivity contribution in [3.8, 4) is 0 Å². The summed E-state index contributed by atoms with van der Waals surface area (Å²) >= 11 is -3.52. The van der Waals surface area contributed by atoms with E-state index in [0.717, 1.165) is 12.1 Å². The molecule has 11 heteroatoms. The number of hydrogen-bond acceptors (Lipinski definition) is 4. The average molecular weight is 325 g/mol. The smallest absolute Gasteiger partial charge is 0.302 e. The molecule has 0 spiro atoms. The van der Waals surface area contributed by atoms with Gasteiger partial charge in [0.05, 0.1) is 14.7 Å². The van der Waals surface area contributed by atoms with E-state index < -0.39 is 33.2 Å². The molecule has 0 fully saturated rings. The van der Waals surface area contributed by atoms with Gasteiger partial charge in [0.1, 0.15) is 0 Å². The van der Waals surface area contributed by atoms with Crippen molar-refractivity contribution >= 4 is 45.9 Å². The molecule has 1 aromatic carbocycles. The van der Waals surface area contributed by atoms with Gasteiger partial charge in [-0.2, -0.15) is 0 Å². The van der Waals surface area contributed by atoms with Crippen LogP contribution in [0.4, 0.5) is 0 Å². The minimum absolute atomic E-state index is 0. The predicted octanol–water partition coefficient (Wildman–Crippen LogP) is -2.28. The van der Waals surface area contributed by atoms with Gasteiger partial charge in [-0.05, 0) is 12.1 Å². The molecule has 0 bridgehead atoms. The molecule has 3 unspecified atom stereocenters. The van der Waals surface area contributed by atoms with Gasteiger partial charge in [0.15, 0.2) is 33.2 Å². The maximum absolute atomic E-state index is 10.9. The van der Waals surface area contributed by atoms with E-state index in [1.807, 2.05) is 0 Å². The van der Waals surface area contributed by atoms with Crippen molar-refractivity contribution in [2.75, 3.05) is 0 Å². The van der Waals surface area contributed by atoms with Crippen LogP contribution in [0, 0.1) is 0 Å². The number of benzene rings is 1. The average Bonchev–Trinajstić information content (AvgIpc) is 2.16. The third-order valence-electron chi connectivity index (χ3n) is 1.59. The Morgan fingerprint density at radius 3 is 1.47 bits per heavy atom. The predicted molar refractivity (Wildman–Crippen MR) is 60.8 cm³/mol. The fourth-order valence-corrected chi connectivity index (χ4v) is 3.18. The van der Waals surface area contributed by atoms with Crippen LogP contribution in [0.3, 0.4) is 0 Å². The minimum Gasteiger partial charge on any atom is -0.302 e. The second-order valence-electron chi connectivity index (χ2n) is 2.52. The van der Waals surface area contributed by atoms with Crippen molar-refractivity contribution in [3.05, 3.63) is 12.1 Å². The van der Waals surface area contributed by atoms with Gasteiger partial charge in [0.2, 0.25) is 0 Å². The summed E-state index contributed by atoms with van der Waals surface area (Å²) in [7, 11) is 0. The van der Waals surface area contributed by atoms with Crippen molar-refractivity contribution in [1.29, 1.82) is 0 Å². The molecule has 1 aromatic rings. The summed E-state index contributed by atoms with van der Waals surface area (Å²) in [6.07, 6.45) is 0. The molecule has 0 radical (unpaired) electrons. The van der Waals surface area contributed by atoms with Crippen LogP contribution >= 0.6 is 12.6 Å². The standard InChI is InChI=1S/C6H6O6S4.Na/c7-14(8)3-1-4(15(9)10)6(13)5(2-3)16(11)12;/h1-2,13H,(H,7,8)(H,9,10)(H,11,12);/q;+1. The Hall–Kier alpha value is 0.900. The second-order valence-corrected chi connectivity index (χ2v) is 5.81. The molecule has 6 nitrogen and oxygen atoms in total. The molecule has 1 rings (SSSR count). The van der Waals surface area contributed by atoms with Gasteiger partial charge in [-0.1, -0.05) is 0 Å². The van der Waals surface area contributed by atoms with Gasteiger partial charge in [0, 0.05) is 4.90 Å². The first-order valence-electron chi connectivity index (χ1n) is 3.54. The Labute approximate surface area is 132 Å². The van der Waals surface area contributed by atoms with Crippen molar-refractivity contribution in [1.82, 2.24) is 0 Å². The van der Waals surface area contributed by atoms with Crippen LogP contribution in [0.15, 0.2) is 31.7 Å². The molecular weight excluding hydrogens is 319 g/mol. The molecule has 3 atom stereocenters. The van der Waals surface area contributed by atoms with Crippen molar-refractivity contribution in [2.45, 2.75) is 19.6 Å². The Kier molecular flexibility index (Phi) is 7.88. The first-order valence-corrected chi connectivity index (χ1v) is 7.31. The largest absolute Gasteiger partial charge is 1.00 e. The summed E-state index contributed by atoms with van der Waals surface area (Å²) in [6.45, 7) is 0. The van der Waals surface area contributed by atoms with E-state index >= 15 is 0 Å². The Balaban J connectivity index is 0.00000256. The summed E-state index contributed by atoms with van der Waals surface area (Å²) in [5, 5.41) is 0. The molecule has 0 aliphatic rings. The molecule has 0 aromatic heterocycles. The number of thiol groups is 1. The first-order chi connectivity index (χ1) is 7.34. The summed E-state index contributed by atoms with van der Waals surface area (Å²) in [5.74, 6) is 0. The molecule has 0 amide bonds. The monoisotopic (exact) mass is 325 g/mol. The van der Waals surface area contributed by atoms with Gasteiger partial charge >= 0.3 is 29.6 Å². The molecular formula is C6H6NaO6S4+. The van der Waals surface area contributed by atoms with Crippen LogP contribution in [0.2, 0.25) is 0 Å². The first kappa shape index (κ1) is 17.9. The quantitative estimate of drug-likeness (QED) is 0.283. The van der Waals surface area contributed by atoms with E-state index in [2.05, 4.69) is 12.6 Å². The van der Waals surface area contributed by atoms with Crippen LogP contribution in [0.1, 0.15) is 0 Å². The summed E-state index contributed by atoms with van der Waals surface area (Å²) in [5.41, 5.74) is 0. The van der Waals surface area contributed by atoms with Gasteiger partial charge in [0.25, 0.3) is 0 Å². The summed E-state index contributed by atoms with van der Waals surface area (Å²) in [4.78, 5) is -0.982. The third kappa shape index (κ3) is 4.49. The molecule has 0 heterocycles. The number of hydrogen-bond donors (Lipinski definition) is 4. The maximum Gasteiger partial charge on any atom is 1.00 e. The van der Waals surface area contributed by atoms with Gasteiger partial charge in [-0.15, -0.1) is 12.6 Å². The zero-order chi connectivity index (χ0) is 12.5. The Morgan fingerprint density at radius 2 is 1.24 bits per heavy atom. The number of rotatable bonds is 3. The zero-order valence-corrected chi connectivity index (χ0v) is 13.7. The zero-order valence-electron chi connectivity index (χ0n) is 8.39. The van der Waals surface area contributed by atoms with Crippen LogP contribution in [-0.4, -0.2) is 26.3 Å². The van der Waals surface area contributed by atoms with E-state index in [4.69, 9.17) is 13.7 Å².